The Morgan fingerprint density at radius 1 is 1.12 bits per heavy atom. The van der Waals surface area contributed by atoms with Crippen molar-refractivity contribution in [3.8, 4) is 0 Å². The molecule has 2 N–H and O–H groups in total. The molecule has 0 spiro atoms. The van der Waals surface area contributed by atoms with E-state index in [1.807, 2.05) is 0 Å². The van der Waals surface area contributed by atoms with Gasteiger partial charge in [-0.25, -0.2) is 0 Å². The minimum absolute atomic E-state index is 0. The maximum Gasteiger partial charge on any atom is 0.216 e. The van der Waals surface area contributed by atoms with E-state index in [2.05, 4.69) is 10.6 Å². The number of hydrogen-bond donors (Lipinski definition) is 2. The lowest BCUT2D eigenvalue weighted by atomic mass is 10.6. The molecule has 6 heteroatoms. The Hall–Kier alpha value is -0.690. The number of rotatable bonds is 11. The highest BCUT2D eigenvalue weighted by molar-refractivity contribution is 5.72. The molecule has 0 bridgehead atoms. The zero-order valence-corrected chi connectivity index (χ0v) is 10.1. The Morgan fingerprint density at radius 3 is 2.56 bits per heavy atom. The first-order chi connectivity index (χ1) is 7.77. The molecule has 0 heterocycles. The van der Waals surface area contributed by atoms with Gasteiger partial charge in [-0.2, -0.15) is 0 Å². The molecule has 0 aliphatic carbocycles. The van der Waals surface area contributed by atoms with Crippen molar-refractivity contribution in [3.05, 3.63) is 0 Å². The van der Waals surface area contributed by atoms with Gasteiger partial charge in [0.2, 0.25) is 5.91 Å². The summed E-state index contributed by atoms with van der Waals surface area (Å²) in [5, 5.41) is 5.70. The van der Waals surface area contributed by atoms with Crippen molar-refractivity contribution in [3.63, 3.8) is 0 Å². The van der Waals surface area contributed by atoms with Gasteiger partial charge >= 0.3 is 0 Å². The normalized spacial score (nSPS) is 10.4. The highest BCUT2D eigenvalue weighted by Crippen LogP contribution is 1.75. The molecular weight excluding hydrogens is 212 g/mol. The molecular formula is C10H26N2O4. The molecule has 0 radical (unpaired) electrons. The van der Waals surface area contributed by atoms with Gasteiger partial charge in [-0.05, 0) is 0 Å². The molecule has 1 amide bonds. The number of hydrogen-bond acceptors (Lipinski definition) is 5. The van der Waals surface area contributed by atoms with E-state index in [-0.39, 0.29) is 8.76 Å². The summed E-state index contributed by atoms with van der Waals surface area (Å²) in [5.74, 6) is -0.0340. The van der Waals surface area contributed by atoms with Crippen molar-refractivity contribution in [1.29, 1.82) is 0 Å². The van der Waals surface area contributed by atoms with Gasteiger partial charge in [-0.15, -0.1) is 0 Å². The third kappa shape index (κ3) is 13.3. The van der Waals surface area contributed by atoms with E-state index in [0.29, 0.717) is 39.7 Å². The Bertz CT molecular complexity index is 176. The van der Waals surface area contributed by atoms with E-state index in [4.69, 9.17) is 14.2 Å². The first kappa shape index (κ1) is 15.3. The third-order valence-corrected chi connectivity index (χ3v) is 1.68. The minimum atomic E-state index is -0.0340. The lowest BCUT2D eigenvalue weighted by Gasteiger charge is -2.07. The van der Waals surface area contributed by atoms with Crippen LogP contribution in [0, 0.1) is 0 Å². The van der Waals surface area contributed by atoms with Crippen LogP contribution < -0.4 is 10.6 Å². The van der Waals surface area contributed by atoms with Crippen LogP contribution in [0.5, 0.6) is 0 Å². The highest BCUT2D eigenvalue weighted by Gasteiger charge is 1.91. The second-order valence-electron chi connectivity index (χ2n) is 3.14. The summed E-state index contributed by atoms with van der Waals surface area (Å²) >= 11 is 0. The van der Waals surface area contributed by atoms with Crippen molar-refractivity contribution in [2.45, 2.75) is 6.92 Å². The molecule has 100 valence electrons. The van der Waals surface area contributed by atoms with E-state index in [1.165, 1.54) is 6.92 Å². The summed E-state index contributed by atoms with van der Waals surface area (Å²) in [7, 11) is 1.64. The number of nitrogens with one attached hydrogen (secondary N) is 2. The van der Waals surface area contributed by atoms with Crippen LogP contribution in [0.3, 0.4) is 0 Å². The fraction of sp³-hybridized carbons (Fsp3) is 0.900. The molecule has 0 saturated carbocycles. The first-order valence-electron chi connectivity index (χ1n) is 5.37. The van der Waals surface area contributed by atoms with Gasteiger partial charge in [0, 0.05) is 30.0 Å². The van der Waals surface area contributed by atoms with Crippen LogP contribution in [-0.2, 0) is 19.0 Å². The van der Waals surface area contributed by atoms with Crippen molar-refractivity contribution < 1.29 is 21.9 Å². The van der Waals surface area contributed by atoms with Gasteiger partial charge in [0.1, 0.15) is 0 Å². The van der Waals surface area contributed by atoms with Gasteiger partial charge < -0.3 is 19.5 Å². The predicted octanol–water partition coefficient (Wildman–Crippen LogP) is -0.159. The van der Waals surface area contributed by atoms with Crippen LogP contribution in [0.4, 0.5) is 0 Å². The van der Waals surface area contributed by atoms with Crippen LogP contribution in [-0.4, -0.2) is 59.3 Å². The van der Waals surface area contributed by atoms with Crippen molar-refractivity contribution in [2.75, 3.05) is 53.4 Å². The largest absolute Gasteiger partial charge is 0.382 e. The first-order valence-corrected chi connectivity index (χ1v) is 5.37. The maximum absolute atomic E-state index is 10.5. The summed E-state index contributed by atoms with van der Waals surface area (Å²) in [6, 6.07) is 0. The molecule has 0 aromatic carbocycles. The van der Waals surface area contributed by atoms with Crippen molar-refractivity contribution >= 4 is 5.91 Å². The van der Waals surface area contributed by atoms with Crippen molar-refractivity contribution in [1.82, 2.24) is 10.6 Å². The van der Waals surface area contributed by atoms with Gasteiger partial charge in [0.15, 0.2) is 0 Å². The lowest BCUT2D eigenvalue weighted by molar-refractivity contribution is -0.119. The topological polar surface area (TPSA) is 68.8 Å². The van der Waals surface area contributed by atoms with Gasteiger partial charge in [0.05, 0.1) is 33.2 Å². The molecule has 0 saturated heterocycles. The molecule has 0 aliphatic heterocycles. The smallest absolute Gasteiger partial charge is 0.216 e. The molecule has 0 fully saturated rings. The second kappa shape index (κ2) is 12.4. The summed E-state index contributed by atoms with van der Waals surface area (Å²) in [6.07, 6.45) is 0. The number of amides is 1. The Labute approximate surface area is 99.6 Å². The van der Waals surface area contributed by atoms with Gasteiger partial charge in [-0.3, -0.25) is 10.1 Å². The molecule has 0 aromatic heterocycles. The highest BCUT2D eigenvalue weighted by atomic mass is 16.5. The lowest BCUT2D eigenvalue weighted by Crippen LogP contribution is -2.27. The SMILES string of the molecule is COCCOCNCCOCCNC(C)=O.[HH].[HH]. The Kier molecular flexibility index (Phi) is 11.8. The molecule has 6 nitrogen and oxygen atoms in total. The average Bonchev–Trinajstić information content (AvgIpc) is 2.25. The van der Waals surface area contributed by atoms with E-state index >= 15 is 0 Å². The molecule has 0 aromatic rings. The zero-order chi connectivity index (χ0) is 12.1. The fourth-order valence-electron chi connectivity index (χ4n) is 0.904. The van der Waals surface area contributed by atoms with E-state index in [1.54, 1.807) is 7.11 Å². The number of carbonyl (C=O) groups is 1. The van der Waals surface area contributed by atoms with Crippen LogP contribution in [0.25, 0.3) is 0 Å². The van der Waals surface area contributed by atoms with E-state index in [0.717, 1.165) is 6.54 Å². The van der Waals surface area contributed by atoms with Crippen molar-refractivity contribution in [2.24, 2.45) is 0 Å². The second-order valence-corrected chi connectivity index (χ2v) is 3.14. The summed E-state index contributed by atoms with van der Waals surface area (Å²) in [6.45, 7) is 5.60. The number of carbonyl (C=O) groups excluding carboxylic acids is 1. The summed E-state index contributed by atoms with van der Waals surface area (Å²) < 4.78 is 15.3. The standard InChI is InChI=1S/C10H22N2O4.2H2/c1-10(13)12-4-6-15-5-3-11-9-16-8-7-14-2;;/h11H,3-9H2,1-2H3,(H,12,13);2*1H. The minimum Gasteiger partial charge on any atom is -0.382 e. The zero-order valence-electron chi connectivity index (χ0n) is 10.1. The van der Waals surface area contributed by atoms with Gasteiger partial charge in [0.25, 0.3) is 0 Å². The van der Waals surface area contributed by atoms with Crippen LogP contribution in [0.1, 0.15) is 9.78 Å². The quantitative estimate of drug-likeness (QED) is 0.387. The van der Waals surface area contributed by atoms with Crippen LogP contribution in [0.2, 0.25) is 0 Å². The predicted molar refractivity (Wildman–Crippen MR) is 64.4 cm³/mol. The van der Waals surface area contributed by atoms with Crippen LogP contribution >= 0.6 is 0 Å². The third-order valence-electron chi connectivity index (χ3n) is 1.68. The Balaban J connectivity index is -0.00000112. The molecule has 0 atom stereocenters. The molecule has 0 aliphatic rings. The fourth-order valence-corrected chi connectivity index (χ4v) is 0.904. The molecule has 0 unspecified atom stereocenters. The summed E-state index contributed by atoms with van der Waals surface area (Å²) in [4.78, 5) is 10.5. The van der Waals surface area contributed by atoms with E-state index < -0.39 is 0 Å². The van der Waals surface area contributed by atoms with E-state index in [9.17, 15) is 4.79 Å². The molecule has 16 heavy (non-hydrogen) atoms. The molecule has 0 rings (SSSR count). The van der Waals surface area contributed by atoms with Crippen LogP contribution in [0.15, 0.2) is 0 Å². The number of ether oxygens (including phenoxy) is 3. The summed E-state index contributed by atoms with van der Waals surface area (Å²) in [5.41, 5.74) is 0. The average molecular weight is 238 g/mol. The Morgan fingerprint density at radius 2 is 1.88 bits per heavy atom. The number of methoxy groups -OCH3 is 1. The maximum atomic E-state index is 10.5. The van der Waals surface area contributed by atoms with Gasteiger partial charge in [-0.1, -0.05) is 0 Å². The monoisotopic (exact) mass is 238 g/mol.